The van der Waals surface area contributed by atoms with E-state index in [-0.39, 0.29) is 11.9 Å². The molecule has 0 amide bonds. The normalized spacial score (nSPS) is 14.4. The lowest BCUT2D eigenvalue weighted by Crippen LogP contribution is -2.21. The molecule has 0 aromatic heterocycles. The van der Waals surface area contributed by atoms with Gasteiger partial charge in [-0.15, -0.1) is 0 Å². The maximum absolute atomic E-state index is 14.4. The minimum absolute atomic E-state index is 0.153. The molecule has 0 saturated carbocycles. The Hall–Kier alpha value is -2.27. The zero-order chi connectivity index (χ0) is 17.8. The molecule has 1 heterocycles. The highest BCUT2D eigenvalue weighted by atomic mass is 19.1. The summed E-state index contributed by atoms with van der Waals surface area (Å²) in [7, 11) is 3.06. The van der Waals surface area contributed by atoms with Crippen molar-refractivity contribution in [1.82, 2.24) is 5.32 Å². The second-order valence-electron chi connectivity index (χ2n) is 6.31. The molecule has 1 atom stereocenters. The van der Waals surface area contributed by atoms with Gasteiger partial charge in [-0.1, -0.05) is 18.2 Å². The van der Waals surface area contributed by atoms with Gasteiger partial charge >= 0.3 is 0 Å². The van der Waals surface area contributed by atoms with Crippen LogP contribution in [0, 0.1) is 5.82 Å². The first-order valence-corrected chi connectivity index (χ1v) is 8.63. The first kappa shape index (κ1) is 17.5. The molecule has 25 heavy (non-hydrogen) atoms. The Kier molecular flexibility index (Phi) is 5.43. The van der Waals surface area contributed by atoms with Gasteiger partial charge in [0.05, 0.1) is 14.2 Å². The summed E-state index contributed by atoms with van der Waals surface area (Å²) in [6.45, 7) is 3.63. The van der Waals surface area contributed by atoms with Crippen LogP contribution in [0.4, 0.5) is 10.1 Å². The van der Waals surface area contributed by atoms with Gasteiger partial charge in [0.25, 0.3) is 0 Å². The first-order valence-electron chi connectivity index (χ1n) is 8.63. The van der Waals surface area contributed by atoms with Gasteiger partial charge in [0.1, 0.15) is 5.82 Å². The highest BCUT2D eigenvalue weighted by Gasteiger charge is 2.17. The predicted octanol–water partition coefficient (Wildman–Crippen LogP) is 4.05. The van der Waals surface area contributed by atoms with Gasteiger partial charge in [-0.05, 0) is 37.0 Å². The van der Waals surface area contributed by atoms with Gasteiger partial charge in [-0.2, -0.15) is 0 Å². The molecular weight excluding hydrogens is 319 g/mol. The number of nitrogens with one attached hydrogen (secondary N) is 2. The molecule has 0 saturated heterocycles. The standard InChI is InChI=1S/C20H25FN2O2/c1-13(16-10-18(24-2)19(25-3)11-17(16)21)23-12-15-7-4-6-14-8-5-9-22-20(14)15/h4,6-7,10-11,13,22-23H,5,8-9,12H2,1-3H3/t13-/m0/s1. The quantitative estimate of drug-likeness (QED) is 0.830. The van der Waals surface area contributed by atoms with E-state index in [9.17, 15) is 4.39 Å². The number of methoxy groups -OCH3 is 2. The summed E-state index contributed by atoms with van der Waals surface area (Å²) in [6.07, 6.45) is 2.27. The van der Waals surface area contributed by atoms with E-state index >= 15 is 0 Å². The smallest absolute Gasteiger partial charge is 0.163 e. The van der Waals surface area contributed by atoms with E-state index in [1.807, 2.05) is 6.92 Å². The Labute approximate surface area is 148 Å². The van der Waals surface area contributed by atoms with Crippen molar-refractivity contribution in [2.75, 3.05) is 26.1 Å². The average Bonchev–Trinajstić information content (AvgIpc) is 2.65. The number of anilines is 1. The van der Waals surface area contributed by atoms with Gasteiger partial charge in [0, 0.05) is 36.4 Å². The number of benzene rings is 2. The highest BCUT2D eigenvalue weighted by Crippen LogP contribution is 2.33. The molecule has 5 heteroatoms. The van der Waals surface area contributed by atoms with Gasteiger partial charge < -0.3 is 20.1 Å². The molecule has 0 bridgehead atoms. The van der Waals surface area contributed by atoms with Crippen LogP contribution < -0.4 is 20.1 Å². The summed E-state index contributed by atoms with van der Waals surface area (Å²) in [5.41, 5.74) is 4.36. The van der Waals surface area contributed by atoms with Crippen LogP contribution in [-0.4, -0.2) is 20.8 Å². The molecular formula is C20H25FN2O2. The third-order valence-corrected chi connectivity index (χ3v) is 4.73. The van der Waals surface area contributed by atoms with Crippen LogP contribution in [0.1, 0.15) is 36.1 Å². The van der Waals surface area contributed by atoms with Crippen LogP contribution in [0.5, 0.6) is 11.5 Å². The Morgan fingerprint density at radius 3 is 2.72 bits per heavy atom. The lowest BCUT2D eigenvalue weighted by atomic mass is 9.99. The van der Waals surface area contributed by atoms with E-state index in [1.54, 1.807) is 13.2 Å². The SMILES string of the molecule is COc1cc(F)c([C@H](C)NCc2cccc3c2NCCC3)cc1OC. The second-order valence-corrected chi connectivity index (χ2v) is 6.31. The molecule has 1 aliphatic rings. The molecule has 134 valence electrons. The van der Waals surface area contributed by atoms with Gasteiger partial charge in [-0.3, -0.25) is 0 Å². The Bertz CT molecular complexity index is 749. The minimum atomic E-state index is -0.300. The Morgan fingerprint density at radius 1 is 1.20 bits per heavy atom. The predicted molar refractivity (Wildman–Crippen MR) is 98.0 cm³/mol. The van der Waals surface area contributed by atoms with E-state index in [0.29, 0.717) is 23.6 Å². The van der Waals surface area contributed by atoms with Crippen molar-refractivity contribution in [3.05, 3.63) is 52.8 Å². The van der Waals surface area contributed by atoms with E-state index in [0.717, 1.165) is 19.4 Å². The average molecular weight is 344 g/mol. The van der Waals surface area contributed by atoms with E-state index < -0.39 is 0 Å². The third-order valence-electron chi connectivity index (χ3n) is 4.73. The number of hydrogen-bond donors (Lipinski definition) is 2. The number of rotatable bonds is 6. The van der Waals surface area contributed by atoms with E-state index in [2.05, 4.69) is 28.8 Å². The molecule has 3 rings (SSSR count). The van der Waals surface area contributed by atoms with Crippen molar-refractivity contribution in [1.29, 1.82) is 0 Å². The van der Waals surface area contributed by atoms with Crippen LogP contribution >= 0.6 is 0 Å². The number of fused-ring (bicyclic) bond motifs is 1. The third kappa shape index (κ3) is 3.71. The van der Waals surface area contributed by atoms with Crippen molar-refractivity contribution in [3.63, 3.8) is 0 Å². The zero-order valence-electron chi connectivity index (χ0n) is 15.0. The van der Waals surface area contributed by atoms with Gasteiger partial charge in [0.2, 0.25) is 0 Å². The molecule has 4 nitrogen and oxygen atoms in total. The van der Waals surface area contributed by atoms with Gasteiger partial charge in [0.15, 0.2) is 11.5 Å². The van der Waals surface area contributed by atoms with Crippen molar-refractivity contribution in [2.45, 2.75) is 32.4 Å². The second kappa shape index (κ2) is 7.74. The number of hydrogen-bond acceptors (Lipinski definition) is 4. The van der Waals surface area contributed by atoms with Crippen molar-refractivity contribution in [2.24, 2.45) is 0 Å². The van der Waals surface area contributed by atoms with Crippen LogP contribution in [0.2, 0.25) is 0 Å². The number of halogens is 1. The van der Waals surface area contributed by atoms with E-state index in [4.69, 9.17) is 9.47 Å². The molecule has 0 spiro atoms. The summed E-state index contributed by atoms with van der Waals surface area (Å²) in [4.78, 5) is 0. The van der Waals surface area contributed by atoms with Gasteiger partial charge in [-0.25, -0.2) is 4.39 Å². The van der Waals surface area contributed by atoms with Crippen molar-refractivity contribution < 1.29 is 13.9 Å². The summed E-state index contributed by atoms with van der Waals surface area (Å²) in [6, 6.07) is 9.29. The molecule has 0 fully saturated rings. The van der Waals surface area contributed by atoms with Crippen LogP contribution in [-0.2, 0) is 13.0 Å². The molecule has 0 aliphatic carbocycles. The lowest BCUT2D eigenvalue weighted by molar-refractivity contribution is 0.350. The molecule has 2 aromatic rings. The van der Waals surface area contributed by atoms with E-state index in [1.165, 1.54) is 30.0 Å². The fourth-order valence-electron chi connectivity index (χ4n) is 3.30. The number of para-hydroxylation sites is 1. The first-order chi connectivity index (χ1) is 12.1. The molecule has 0 unspecified atom stereocenters. The Balaban J connectivity index is 1.76. The molecule has 0 radical (unpaired) electrons. The van der Waals surface area contributed by atoms with Crippen LogP contribution in [0.25, 0.3) is 0 Å². The zero-order valence-corrected chi connectivity index (χ0v) is 15.0. The molecule has 2 N–H and O–H groups in total. The van der Waals surface area contributed by atoms with Crippen LogP contribution in [0.3, 0.4) is 0 Å². The maximum atomic E-state index is 14.4. The largest absolute Gasteiger partial charge is 0.493 e. The minimum Gasteiger partial charge on any atom is -0.493 e. The monoisotopic (exact) mass is 344 g/mol. The molecule has 2 aromatic carbocycles. The highest BCUT2D eigenvalue weighted by molar-refractivity contribution is 5.59. The summed E-state index contributed by atoms with van der Waals surface area (Å²) < 4.78 is 24.9. The summed E-state index contributed by atoms with van der Waals surface area (Å²) in [5.74, 6) is 0.634. The maximum Gasteiger partial charge on any atom is 0.163 e. The number of aryl methyl sites for hydroxylation is 1. The van der Waals surface area contributed by atoms with Crippen molar-refractivity contribution >= 4 is 5.69 Å². The number of ether oxygens (including phenoxy) is 2. The Morgan fingerprint density at radius 2 is 1.96 bits per heavy atom. The topological polar surface area (TPSA) is 42.5 Å². The van der Waals surface area contributed by atoms with Crippen molar-refractivity contribution in [3.8, 4) is 11.5 Å². The fourth-order valence-corrected chi connectivity index (χ4v) is 3.30. The lowest BCUT2D eigenvalue weighted by Gasteiger charge is -2.23. The summed E-state index contributed by atoms with van der Waals surface area (Å²) >= 11 is 0. The molecule has 1 aliphatic heterocycles. The summed E-state index contributed by atoms with van der Waals surface area (Å²) in [5, 5.41) is 6.91. The van der Waals surface area contributed by atoms with Crippen LogP contribution in [0.15, 0.2) is 30.3 Å². The fraction of sp³-hybridized carbons (Fsp3) is 0.400.